The molecule has 0 aliphatic carbocycles. The Kier molecular flexibility index (Phi) is 3.86. The molecule has 1 aromatic heterocycles. The lowest BCUT2D eigenvalue weighted by atomic mass is 10.1. The number of carbonyl (C=O) groups excluding carboxylic acids is 1. The molecule has 0 spiro atoms. The first kappa shape index (κ1) is 15.4. The van der Waals surface area contributed by atoms with E-state index in [4.69, 9.17) is 4.74 Å². The zero-order chi connectivity index (χ0) is 16.7. The SMILES string of the molecule is O=C(Nc1ccc(Br)cc1F)c1cc2c(s1)-c1ccccc1OC2. The van der Waals surface area contributed by atoms with E-state index < -0.39 is 5.82 Å². The lowest BCUT2D eigenvalue weighted by Crippen LogP contribution is -2.11. The minimum atomic E-state index is -0.479. The quantitative estimate of drug-likeness (QED) is 0.616. The molecule has 6 heteroatoms. The predicted molar refractivity (Wildman–Crippen MR) is 96.1 cm³/mol. The first-order valence-corrected chi connectivity index (χ1v) is 8.84. The maximum atomic E-state index is 13.9. The van der Waals surface area contributed by atoms with Crippen molar-refractivity contribution in [2.75, 3.05) is 5.32 Å². The van der Waals surface area contributed by atoms with E-state index in [1.807, 2.05) is 30.3 Å². The van der Waals surface area contributed by atoms with Gasteiger partial charge in [-0.25, -0.2) is 4.39 Å². The van der Waals surface area contributed by atoms with Gasteiger partial charge in [0.1, 0.15) is 18.2 Å². The molecule has 0 saturated heterocycles. The fourth-order valence-electron chi connectivity index (χ4n) is 2.59. The minimum absolute atomic E-state index is 0.159. The van der Waals surface area contributed by atoms with E-state index in [0.29, 0.717) is 16.0 Å². The van der Waals surface area contributed by atoms with Crippen molar-refractivity contribution in [1.29, 1.82) is 0 Å². The molecule has 3 nitrogen and oxygen atoms in total. The van der Waals surface area contributed by atoms with Gasteiger partial charge in [-0.1, -0.05) is 28.1 Å². The standard InChI is InChI=1S/C18H11BrFNO2S/c19-11-5-6-14(13(20)8-11)21-18(22)16-7-10-9-23-15-4-2-1-3-12(15)17(10)24-16/h1-8H,9H2,(H,21,22). The number of rotatable bonds is 2. The molecule has 0 radical (unpaired) electrons. The Hall–Kier alpha value is -2.18. The Morgan fingerprint density at radius 1 is 1.21 bits per heavy atom. The van der Waals surface area contributed by atoms with E-state index >= 15 is 0 Å². The maximum Gasteiger partial charge on any atom is 0.265 e. The highest BCUT2D eigenvalue weighted by atomic mass is 79.9. The maximum absolute atomic E-state index is 13.9. The van der Waals surface area contributed by atoms with Gasteiger partial charge in [0.05, 0.1) is 10.6 Å². The molecule has 24 heavy (non-hydrogen) atoms. The Labute approximate surface area is 150 Å². The Morgan fingerprint density at radius 3 is 2.88 bits per heavy atom. The largest absolute Gasteiger partial charge is 0.488 e. The molecule has 0 unspecified atom stereocenters. The summed E-state index contributed by atoms with van der Waals surface area (Å²) in [5.74, 6) is 0.0126. The number of carbonyl (C=O) groups is 1. The van der Waals surface area contributed by atoms with Crippen LogP contribution in [-0.2, 0) is 6.61 Å². The number of hydrogen-bond donors (Lipinski definition) is 1. The molecule has 2 heterocycles. The predicted octanol–water partition coefficient (Wildman–Crippen LogP) is 5.46. The van der Waals surface area contributed by atoms with E-state index in [1.165, 1.54) is 23.5 Å². The molecule has 0 atom stereocenters. The lowest BCUT2D eigenvalue weighted by Gasteiger charge is -2.16. The smallest absolute Gasteiger partial charge is 0.265 e. The normalized spacial score (nSPS) is 12.1. The number of fused-ring (bicyclic) bond motifs is 3. The van der Waals surface area contributed by atoms with Gasteiger partial charge < -0.3 is 10.1 Å². The van der Waals surface area contributed by atoms with E-state index in [1.54, 1.807) is 6.07 Å². The number of nitrogens with one attached hydrogen (secondary N) is 1. The number of hydrogen-bond acceptors (Lipinski definition) is 3. The number of anilines is 1. The number of ether oxygens (including phenoxy) is 1. The van der Waals surface area contributed by atoms with E-state index in [2.05, 4.69) is 21.2 Å². The summed E-state index contributed by atoms with van der Waals surface area (Å²) < 4.78 is 20.2. The second kappa shape index (κ2) is 6.03. The lowest BCUT2D eigenvalue weighted by molar-refractivity contribution is 0.103. The summed E-state index contributed by atoms with van der Waals surface area (Å²) in [6.07, 6.45) is 0. The highest BCUT2D eigenvalue weighted by molar-refractivity contribution is 9.10. The Balaban J connectivity index is 1.64. The van der Waals surface area contributed by atoms with Crippen LogP contribution in [-0.4, -0.2) is 5.91 Å². The van der Waals surface area contributed by atoms with Crippen molar-refractivity contribution >= 4 is 38.9 Å². The Bertz CT molecular complexity index is 954. The van der Waals surface area contributed by atoms with Crippen molar-refractivity contribution in [3.63, 3.8) is 0 Å². The number of para-hydroxylation sites is 1. The van der Waals surface area contributed by atoms with Crippen LogP contribution in [0.3, 0.4) is 0 Å². The molecule has 1 N–H and O–H groups in total. The molecule has 4 rings (SSSR count). The van der Waals surface area contributed by atoms with Gasteiger partial charge in [0, 0.05) is 20.5 Å². The van der Waals surface area contributed by atoms with Crippen molar-refractivity contribution in [3.8, 4) is 16.2 Å². The molecule has 1 aliphatic heterocycles. The van der Waals surface area contributed by atoms with Gasteiger partial charge in [-0.3, -0.25) is 4.79 Å². The van der Waals surface area contributed by atoms with Crippen LogP contribution in [0, 0.1) is 5.82 Å². The summed E-state index contributed by atoms with van der Waals surface area (Å²) in [7, 11) is 0. The fourth-order valence-corrected chi connectivity index (χ4v) is 4.01. The zero-order valence-electron chi connectivity index (χ0n) is 12.3. The topological polar surface area (TPSA) is 38.3 Å². The summed E-state index contributed by atoms with van der Waals surface area (Å²) in [5.41, 5.74) is 2.11. The third-order valence-corrected chi connectivity index (χ3v) is 5.43. The first-order valence-electron chi connectivity index (χ1n) is 7.23. The van der Waals surface area contributed by atoms with Gasteiger partial charge in [-0.15, -0.1) is 11.3 Å². The van der Waals surface area contributed by atoms with Crippen molar-refractivity contribution < 1.29 is 13.9 Å². The molecule has 0 fully saturated rings. The van der Waals surface area contributed by atoms with Crippen LogP contribution in [0.25, 0.3) is 10.4 Å². The molecule has 0 saturated carbocycles. The van der Waals surface area contributed by atoms with Gasteiger partial charge in [0.15, 0.2) is 0 Å². The summed E-state index contributed by atoms with van der Waals surface area (Å²) in [6.45, 7) is 0.433. The van der Waals surface area contributed by atoms with Crippen molar-refractivity contribution in [1.82, 2.24) is 0 Å². The van der Waals surface area contributed by atoms with Crippen LogP contribution in [0.15, 0.2) is 53.0 Å². The van der Waals surface area contributed by atoms with Gasteiger partial charge in [-0.05, 0) is 36.4 Å². The zero-order valence-corrected chi connectivity index (χ0v) is 14.7. The number of thiophene rings is 1. The van der Waals surface area contributed by atoms with Crippen LogP contribution >= 0.6 is 27.3 Å². The number of halogens is 2. The van der Waals surface area contributed by atoms with E-state index in [-0.39, 0.29) is 11.6 Å². The highest BCUT2D eigenvalue weighted by Gasteiger charge is 2.22. The molecule has 120 valence electrons. The van der Waals surface area contributed by atoms with Gasteiger partial charge in [0.2, 0.25) is 0 Å². The molecular weight excluding hydrogens is 393 g/mol. The molecule has 1 aliphatic rings. The van der Waals surface area contributed by atoms with Crippen LogP contribution in [0.1, 0.15) is 15.2 Å². The van der Waals surface area contributed by atoms with Crippen LogP contribution in [0.4, 0.5) is 10.1 Å². The monoisotopic (exact) mass is 403 g/mol. The van der Waals surface area contributed by atoms with Gasteiger partial charge >= 0.3 is 0 Å². The average Bonchev–Trinajstić information content (AvgIpc) is 3.02. The van der Waals surface area contributed by atoms with Crippen LogP contribution in [0.5, 0.6) is 5.75 Å². The van der Waals surface area contributed by atoms with Crippen LogP contribution < -0.4 is 10.1 Å². The third kappa shape index (κ3) is 2.72. The molecule has 1 amide bonds. The van der Waals surface area contributed by atoms with Gasteiger partial charge in [-0.2, -0.15) is 0 Å². The van der Waals surface area contributed by atoms with Crippen LogP contribution in [0.2, 0.25) is 0 Å². The first-order chi connectivity index (χ1) is 11.6. The number of amides is 1. The summed E-state index contributed by atoms with van der Waals surface area (Å²) in [4.78, 5) is 14.0. The molecular formula is C18H11BrFNO2S. The molecule has 2 aromatic carbocycles. The summed E-state index contributed by atoms with van der Waals surface area (Å²) in [5, 5.41) is 2.62. The van der Waals surface area contributed by atoms with E-state index in [0.717, 1.165) is 21.8 Å². The van der Waals surface area contributed by atoms with Crippen molar-refractivity contribution in [2.45, 2.75) is 6.61 Å². The second-order valence-corrected chi connectivity index (χ2v) is 7.30. The minimum Gasteiger partial charge on any atom is -0.488 e. The summed E-state index contributed by atoms with van der Waals surface area (Å²) in [6, 6.07) is 14.1. The van der Waals surface area contributed by atoms with E-state index in [9.17, 15) is 9.18 Å². The average molecular weight is 404 g/mol. The van der Waals surface area contributed by atoms with Gasteiger partial charge in [0.25, 0.3) is 5.91 Å². The molecule has 0 bridgehead atoms. The third-order valence-electron chi connectivity index (χ3n) is 3.73. The molecule has 3 aromatic rings. The highest BCUT2D eigenvalue weighted by Crippen LogP contribution is 2.42. The van der Waals surface area contributed by atoms with Crippen molar-refractivity contribution in [2.24, 2.45) is 0 Å². The Morgan fingerprint density at radius 2 is 2.04 bits per heavy atom. The summed E-state index contributed by atoms with van der Waals surface area (Å²) >= 11 is 4.59. The number of benzene rings is 2. The fraction of sp³-hybridized carbons (Fsp3) is 0.0556. The van der Waals surface area contributed by atoms with Crippen molar-refractivity contribution in [3.05, 3.63) is 69.3 Å². The second-order valence-electron chi connectivity index (χ2n) is 5.33.